The van der Waals surface area contributed by atoms with E-state index in [4.69, 9.17) is 0 Å². The number of nitrogens with zero attached hydrogens (tertiary/aromatic N) is 2. The summed E-state index contributed by atoms with van der Waals surface area (Å²) in [5, 5.41) is 7.50. The topological polar surface area (TPSA) is 76.0 Å². The highest BCUT2D eigenvalue weighted by atomic mass is 32.2. The summed E-state index contributed by atoms with van der Waals surface area (Å²) in [5.41, 5.74) is 1.06. The Balaban J connectivity index is 2.19. The van der Waals surface area contributed by atoms with E-state index in [-0.39, 0.29) is 5.54 Å². The van der Waals surface area contributed by atoms with Crippen LogP contribution in [0.4, 0.5) is 0 Å². The molecule has 108 valence electrons. The minimum Gasteiger partial charge on any atom is -0.310 e. The van der Waals surface area contributed by atoms with Crippen LogP contribution < -0.4 is 10.0 Å². The van der Waals surface area contributed by atoms with Crippen molar-refractivity contribution in [3.8, 4) is 0 Å². The molecule has 2 rings (SSSR count). The van der Waals surface area contributed by atoms with Crippen LogP contribution in [-0.2, 0) is 17.1 Å². The van der Waals surface area contributed by atoms with Crippen molar-refractivity contribution in [3.05, 3.63) is 11.4 Å². The van der Waals surface area contributed by atoms with E-state index in [0.29, 0.717) is 22.8 Å². The molecule has 1 unspecified atom stereocenters. The van der Waals surface area contributed by atoms with E-state index in [0.717, 1.165) is 19.4 Å². The Morgan fingerprint density at radius 2 is 2.16 bits per heavy atom. The molecule has 1 aliphatic heterocycles. The molecule has 19 heavy (non-hydrogen) atoms. The Labute approximate surface area is 114 Å². The highest BCUT2D eigenvalue weighted by molar-refractivity contribution is 7.89. The van der Waals surface area contributed by atoms with Gasteiger partial charge >= 0.3 is 0 Å². The first kappa shape index (κ1) is 14.5. The van der Waals surface area contributed by atoms with Crippen LogP contribution in [0.3, 0.4) is 0 Å². The lowest BCUT2D eigenvalue weighted by atomic mass is 10.0. The van der Waals surface area contributed by atoms with Gasteiger partial charge in [-0.15, -0.1) is 0 Å². The molecule has 1 atom stereocenters. The fraction of sp³-hybridized carbons (Fsp3) is 0.750. The van der Waals surface area contributed by atoms with Gasteiger partial charge in [0.1, 0.15) is 4.90 Å². The summed E-state index contributed by atoms with van der Waals surface area (Å²) in [7, 11) is -1.75. The number of aryl methyl sites for hydroxylation is 2. The number of aromatic nitrogens is 2. The van der Waals surface area contributed by atoms with E-state index < -0.39 is 10.0 Å². The molecular formula is C12H22N4O2S. The molecule has 7 heteroatoms. The summed E-state index contributed by atoms with van der Waals surface area (Å²) < 4.78 is 29.1. The van der Waals surface area contributed by atoms with Gasteiger partial charge in [-0.3, -0.25) is 4.68 Å². The summed E-state index contributed by atoms with van der Waals surface area (Å²) >= 11 is 0. The van der Waals surface area contributed by atoms with Crippen LogP contribution in [0.25, 0.3) is 0 Å². The van der Waals surface area contributed by atoms with Gasteiger partial charge < -0.3 is 5.32 Å². The van der Waals surface area contributed by atoms with Crippen molar-refractivity contribution in [2.75, 3.05) is 13.1 Å². The lowest BCUT2D eigenvalue weighted by Gasteiger charge is -2.24. The third-order valence-electron chi connectivity index (χ3n) is 3.82. The van der Waals surface area contributed by atoms with Gasteiger partial charge in [0, 0.05) is 19.1 Å². The fourth-order valence-corrected chi connectivity index (χ4v) is 4.18. The van der Waals surface area contributed by atoms with Crippen molar-refractivity contribution in [2.45, 2.75) is 44.0 Å². The normalized spacial score (nSPS) is 24.0. The Kier molecular flexibility index (Phi) is 3.72. The largest absolute Gasteiger partial charge is 0.310 e. The predicted molar refractivity (Wildman–Crippen MR) is 73.5 cm³/mol. The minimum atomic E-state index is -3.50. The highest BCUT2D eigenvalue weighted by Crippen LogP contribution is 2.21. The quantitative estimate of drug-likeness (QED) is 0.843. The molecule has 1 aliphatic rings. The molecule has 1 aromatic heterocycles. The van der Waals surface area contributed by atoms with Crippen LogP contribution in [0.15, 0.2) is 4.90 Å². The zero-order chi connectivity index (χ0) is 14.3. The molecule has 0 amide bonds. The summed E-state index contributed by atoms with van der Waals surface area (Å²) in [6.45, 7) is 6.89. The van der Waals surface area contributed by atoms with Crippen molar-refractivity contribution in [1.29, 1.82) is 0 Å². The summed E-state index contributed by atoms with van der Waals surface area (Å²) in [6, 6.07) is 0. The summed E-state index contributed by atoms with van der Waals surface area (Å²) in [4.78, 5) is 0.302. The van der Waals surface area contributed by atoms with Gasteiger partial charge in [0.15, 0.2) is 0 Å². The van der Waals surface area contributed by atoms with Crippen LogP contribution in [-0.4, -0.2) is 36.8 Å². The van der Waals surface area contributed by atoms with E-state index >= 15 is 0 Å². The second-order valence-electron chi connectivity index (χ2n) is 5.54. The Hall–Kier alpha value is -0.920. The standard InChI is InChI=1S/C12H22N4O2S/c1-9-11(10(2)16(4)15-9)19(17,18)14-8-12(3)6-5-7-13-12/h13-14H,5-8H2,1-4H3. The highest BCUT2D eigenvalue weighted by Gasteiger charge is 2.31. The van der Waals surface area contributed by atoms with Gasteiger partial charge in [-0.05, 0) is 40.2 Å². The number of nitrogens with one attached hydrogen (secondary N) is 2. The molecule has 0 spiro atoms. The van der Waals surface area contributed by atoms with Gasteiger partial charge in [-0.2, -0.15) is 5.10 Å². The number of hydrogen-bond acceptors (Lipinski definition) is 4. The zero-order valence-corrected chi connectivity index (χ0v) is 12.8. The first-order chi connectivity index (χ1) is 8.75. The van der Waals surface area contributed by atoms with Crippen LogP contribution in [0, 0.1) is 13.8 Å². The monoisotopic (exact) mass is 286 g/mol. The molecule has 0 bridgehead atoms. The molecule has 1 fully saturated rings. The molecular weight excluding hydrogens is 264 g/mol. The Morgan fingerprint density at radius 1 is 1.47 bits per heavy atom. The SMILES string of the molecule is Cc1nn(C)c(C)c1S(=O)(=O)NCC1(C)CCCN1. The average molecular weight is 286 g/mol. The van der Waals surface area contributed by atoms with E-state index in [2.05, 4.69) is 15.1 Å². The second-order valence-corrected chi connectivity index (χ2v) is 7.24. The van der Waals surface area contributed by atoms with Gasteiger partial charge in [0.05, 0.1) is 11.4 Å². The predicted octanol–water partition coefficient (Wildman–Crippen LogP) is 0.457. The van der Waals surface area contributed by atoms with Crippen molar-refractivity contribution >= 4 is 10.0 Å². The first-order valence-corrected chi connectivity index (χ1v) is 7.98. The van der Waals surface area contributed by atoms with E-state index in [9.17, 15) is 8.42 Å². The van der Waals surface area contributed by atoms with E-state index in [1.54, 1.807) is 25.6 Å². The minimum absolute atomic E-state index is 0.142. The zero-order valence-electron chi connectivity index (χ0n) is 11.9. The average Bonchev–Trinajstić information content (AvgIpc) is 2.83. The van der Waals surface area contributed by atoms with Crippen LogP contribution in [0.2, 0.25) is 0 Å². The lowest BCUT2D eigenvalue weighted by Crippen LogP contribution is -2.47. The molecule has 6 nitrogen and oxygen atoms in total. The van der Waals surface area contributed by atoms with Gasteiger partial charge in [-0.1, -0.05) is 0 Å². The molecule has 1 aromatic rings. The molecule has 0 aromatic carbocycles. The summed E-state index contributed by atoms with van der Waals surface area (Å²) in [6.07, 6.45) is 2.07. The second kappa shape index (κ2) is 4.88. The van der Waals surface area contributed by atoms with Crippen molar-refractivity contribution < 1.29 is 8.42 Å². The molecule has 2 N–H and O–H groups in total. The fourth-order valence-electron chi connectivity index (χ4n) is 2.58. The molecule has 0 radical (unpaired) electrons. The number of rotatable bonds is 4. The van der Waals surface area contributed by atoms with Gasteiger partial charge in [0.2, 0.25) is 10.0 Å². The van der Waals surface area contributed by atoms with Crippen molar-refractivity contribution in [2.24, 2.45) is 7.05 Å². The maximum atomic E-state index is 12.4. The van der Waals surface area contributed by atoms with Crippen molar-refractivity contribution in [1.82, 2.24) is 19.8 Å². The van der Waals surface area contributed by atoms with Gasteiger partial charge in [0.25, 0.3) is 0 Å². The molecule has 1 saturated heterocycles. The molecule has 0 saturated carbocycles. The molecule has 0 aliphatic carbocycles. The van der Waals surface area contributed by atoms with Gasteiger partial charge in [-0.25, -0.2) is 13.1 Å². The van der Waals surface area contributed by atoms with Crippen molar-refractivity contribution in [3.63, 3.8) is 0 Å². The summed E-state index contributed by atoms with van der Waals surface area (Å²) in [5.74, 6) is 0. The molecule has 2 heterocycles. The maximum absolute atomic E-state index is 12.4. The third-order valence-corrected chi connectivity index (χ3v) is 5.47. The van der Waals surface area contributed by atoms with Crippen LogP contribution in [0.5, 0.6) is 0 Å². The Morgan fingerprint density at radius 3 is 2.63 bits per heavy atom. The Bertz CT molecular complexity index is 571. The first-order valence-electron chi connectivity index (χ1n) is 6.50. The van der Waals surface area contributed by atoms with Crippen LogP contribution >= 0.6 is 0 Å². The number of hydrogen-bond donors (Lipinski definition) is 2. The maximum Gasteiger partial charge on any atom is 0.244 e. The lowest BCUT2D eigenvalue weighted by molar-refractivity contribution is 0.409. The van der Waals surface area contributed by atoms with E-state index in [1.165, 1.54) is 0 Å². The number of sulfonamides is 1. The van der Waals surface area contributed by atoms with Crippen LogP contribution in [0.1, 0.15) is 31.2 Å². The van der Waals surface area contributed by atoms with E-state index in [1.807, 2.05) is 6.92 Å². The smallest absolute Gasteiger partial charge is 0.244 e. The third kappa shape index (κ3) is 2.82.